The number of hydrogen-bond donors (Lipinski definition) is 0. The molecule has 3 fully saturated rings. The van der Waals surface area contributed by atoms with E-state index in [1.54, 1.807) is 44.2 Å². The van der Waals surface area contributed by atoms with Crippen molar-refractivity contribution in [2.45, 2.75) is 39.2 Å². The molecule has 0 radical (unpaired) electrons. The molecule has 5 atom stereocenters. The number of likely N-dealkylation sites (tertiary alicyclic amines) is 1. The summed E-state index contributed by atoms with van der Waals surface area (Å²) in [6.45, 7) is 3.17. The Labute approximate surface area is 164 Å². The number of amides is 2. The van der Waals surface area contributed by atoms with Gasteiger partial charge in [-0.2, -0.15) is 0 Å². The normalized spacial score (nSPS) is 29.3. The Kier molecular flexibility index (Phi) is 4.81. The maximum atomic E-state index is 13.0. The van der Waals surface area contributed by atoms with Gasteiger partial charge in [0.1, 0.15) is 6.04 Å². The number of benzene rings is 1. The molecule has 2 amide bonds. The number of ketones is 1. The third-order valence-electron chi connectivity index (χ3n) is 6.55. The van der Waals surface area contributed by atoms with E-state index in [4.69, 9.17) is 4.74 Å². The van der Waals surface area contributed by atoms with E-state index in [9.17, 15) is 19.2 Å². The third kappa shape index (κ3) is 2.95. The van der Waals surface area contributed by atoms with Gasteiger partial charge in [0, 0.05) is 5.56 Å². The molecule has 1 aromatic rings. The first kappa shape index (κ1) is 18.8. The van der Waals surface area contributed by atoms with Crippen molar-refractivity contribution in [2.75, 3.05) is 6.61 Å². The highest BCUT2D eigenvalue weighted by molar-refractivity contribution is 6.09. The van der Waals surface area contributed by atoms with Crippen molar-refractivity contribution in [2.24, 2.45) is 29.6 Å². The van der Waals surface area contributed by atoms with Crippen LogP contribution in [0.5, 0.6) is 0 Å². The summed E-state index contributed by atoms with van der Waals surface area (Å²) in [5.74, 6) is -1.76. The van der Waals surface area contributed by atoms with Crippen molar-refractivity contribution >= 4 is 23.6 Å². The Bertz CT molecular complexity index is 789. The zero-order valence-electron chi connectivity index (χ0n) is 16.2. The minimum atomic E-state index is -0.978. The minimum Gasteiger partial charge on any atom is -0.456 e. The molecular weight excluding hydrogens is 358 g/mol. The molecule has 0 unspecified atom stereocenters. The van der Waals surface area contributed by atoms with Crippen LogP contribution in [-0.4, -0.2) is 41.1 Å². The molecule has 0 aromatic heterocycles. The van der Waals surface area contributed by atoms with Gasteiger partial charge < -0.3 is 4.74 Å². The molecule has 1 aliphatic heterocycles. The Morgan fingerprint density at radius 1 is 1.04 bits per heavy atom. The molecule has 2 aliphatic carbocycles. The molecule has 2 saturated carbocycles. The number of carbonyl (C=O) groups excluding carboxylic acids is 4. The van der Waals surface area contributed by atoms with Gasteiger partial charge in [-0.3, -0.25) is 19.3 Å². The number of Topliss-reactive ketones (excluding diaryl/α,β-unsaturated/α-hetero) is 1. The fourth-order valence-electron chi connectivity index (χ4n) is 5.31. The highest BCUT2D eigenvalue weighted by Crippen LogP contribution is 2.56. The minimum absolute atomic E-state index is 0.229. The molecule has 28 heavy (non-hydrogen) atoms. The summed E-state index contributed by atoms with van der Waals surface area (Å²) in [6, 6.07) is 7.60. The Balaban J connectivity index is 1.48. The summed E-state index contributed by atoms with van der Waals surface area (Å²) < 4.78 is 5.25. The van der Waals surface area contributed by atoms with Gasteiger partial charge in [0.25, 0.3) is 0 Å². The Morgan fingerprint density at radius 3 is 2.14 bits per heavy atom. The van der Waals surface area contributed by atoms with Gasteiger partial charge in [-0.1, -0.05) is 44.2 Å². The van der Waals surface area contributed by atoms with Crippen LogP contribution < -0.4 is 0 Å². The van der Waals surface area contributed by atoms with Crippen LogP contribution in [0.4, 0.5) is 0 Å². The number of fused-ring (bicyclic) bond motifs is 5. The van der Waals surface area contributed by atoms with Gasteiger partial charge in [0.05, 0.1) is 11.8 Å². The number of hydrogen-bond acceptors (Lipinski definition) is 5. The van der Waals surface area contributed by atoms with E-state index in [0.29, 0.717) is 5.56 Å². The highest BCUT2D eigenvalue weighted by atomic mass is 16.5. The number of esters is 1. The first-order valence-corrected chi connectivity index (χ1v) is 10.0. The van der Waals surface area contributed by atoms with Crippen molar-refractivity contribution in [3.63, 3.8) is 0 Å². The van der Waals surface area contributed by atoms with Gasteiger partial charge in [0.2, 0.25) is 11.8 Å². The lowest BCUT2D eigenvalue weighted by Crippen LogP contribution is -2.50. The molecule has 6 nitrogen and oxygen atoms in total. The van der Waals surface area contributed by atoms with Gasteiger partial charge in [-0.15, -0.1) is 0 Å². The fourth-order valence-corrected chi connectivity index (χ4v) is 5.31. The lowest BCUT2D eigenvalue weighted by Gasteiger charge is -2.28. The van der Waals surface area contributed by atoms with Gasteiger partial charge in [-0.25, -0.2) is 4.79 Å². The quantitative estimate of drug-likeness (QED) is 0.428. The monoisotopic (exact) mass is 383 g/mol. The second kappa shape index (κ2) is 7.15. The lowest BCUT2D eigenvalue weighted by molar-refractivity contribution is -0.160. The van der Waals surface area contributed by atoms with Crippen LogP contribution in [0, 0.1) is 29.6 Å². The molecule has 1 aromatic carbocycles. The lowest BCUT2D eigenvalue weighted by atomic mass is 9.81. The SMILES string of the molecule is CC(C)[C@@H](C(=O)OCC(=O)c1ccccc1)N1C(=O)[C@@H]2[C@H]3CC[C@@H](C3)[C@@H]2C1=O. The number of ether oxygens (including phenoxy) is 1. The van der Waals surface area contributed by atoms with Crippen molar-refractivity contribution in [1.82, 2.24) is 4.90 Å². The number of carbonyl (C=O) groups is 4. The average Bonchev–Trinajstić information content (AvgIpc) is 3.36. The largest absolute Gasteiger partial charge is 0.456 e. The van der Waals surface area contributed by atoms with E-state index >= 15 is 0 Å². The first-order valence-electron chi connectivity index (χ1n) is 10.0. The molecular formula is C22H25NO5. The smallest absolute Gasteiger partial charge is 0.330 e. The zero-order chi connectivity index (χ0) is 20.0. The first-order chi connectivity index (χ1) is 13.4. The van der Waals surface area contributed by atoms with Crippen molar-refractivity contribution < 1.29 is 23.9 Å². The third-order valence-corrected chi connectivity index (χ3v) is 6.55. The summed E-state index contributed by atoms with van der Waals surface area (Å²) >= 11 is 0. The molecule has 2 bridgehead atoms. The molecule has 0 N–H and O–H groups in total. The van der Waals surface area contributed by atoms with Crippen LogP contribution in [0.25, 0.3) is 0 Å². The highest BCUT2D eigenvalue weighted by Gasteiger charge is 2.62. The topological polar surface area (TPSA) is 80.8 Å². The zero-order valence-corrected chi connectivity index (χ0v) is 16.2. The number of imide groups is 1. The maximum absolute atomic E-state index is 13.0. The standard InChI is InChI=1S/C22H25NO5/c1-12(2)19(22(27)28-11-16(24)13-6-4-3-5-7-13)23-20(25)17-14-8-9-15(10-14)18(17)21(23)26/h3-7,12,14-15,17-19H,8-11H2,1-2H3/t14-,15-,17-,18+,19-/m0/s1. The van der Waals surface area contributed by atoms with Crippen molar-refractivity contribution in [3.05, 3.63) is 35.9 Å². The fraction of sp³-hybridized carbons (Fsp3) is 0.545. The van der Waals surface area contributed by atoms with Gasteiger partial charge in [-0.05, 0) is 37.0 Å². The summed E-state index contributed by atoms with van der Waals surface area (Å²) in [4.78, 5) is 52.2. The van der Waals surface area contributed by atoms with E-state index in [1.165, 1.54) is 0 Å². The van der Waals surface area contributed by atoms with Gasteiger partial charge >= 0.3 is 5.97 Å². The molecule has 1 heterocycles. The predicted molar refractivity (Wildman–Crippen MR) is 100 cm³/mol. The molecule has 6 heteroatoms. The van der Waals surface area contributed by atoms with Crippen LogP contribution in [0.1, 0.15) is 43.5 Å². The second-order valence-corrected chi connectivity index (χ2v) is 8.52. The van der Waals surface area contributed by atoms with Crippen molar-refractivity contribution in [1.29, 1.82) is 0 Å². The Hall–Kier alpha value is -2.50. The van der Waals surface area contributed by atoms with E-state index in [-0.39, 0.29) is 47.2 Å². The van der Waals surface area contributed by atoms with E-state index in [2.05, 4.69) is 0 Å². The summed E-state index contributed by atoms with van der Waals surface area (Å²) in [6.07, 6.45) is 2.92. The van der Waals surface area contributed by atoms with E-state index in [0.717, 1.165) is 24.2 Å². The summed E-state index contributed by atoms with van der Waals surface area (Å²) in [7, 11) is 0. The molecule has 4 rings (SSSR count). The molecule has 148 valence electrons. The van der Waals surface area contributed by atoms with Gasteiger partial charge in [0.15, 0.2) is 12.4 Å². The van der Waals surface area contributed by atoms with Crippen LogP contribution in [0.3, 0.4) is 0 Å². The van der Waals surface area contributed by atoms with E-state index < -0.39 is 18.6 Å². The van der Waals surface area contributed by atoms with Crippen LogP contribution >= 0.6 is 0 Å². The average molecular weight is 383 g/mol. The molecule has 0 spiro atoms. The van der Waals surface area contributed by atoms with E-state index in [1.807, 2.05) is 0 Å². The van der Waals surface area contributed by atoms with Crippen LogP contribution in [-0.2, 0) is 19.1 Å². The Morgan fingerprint density at radius 2 is 1.61 bits per heavy atom. The molecule has 1 saturated heterocycles. The summed E-state index contributed by atoms with van der Waals surface area (Å²) in [5.41, 5.74) is 0.454. The van der Waals surface area contributed by atoms with Crippen LogP contribution in [0.15, 0.2) is 30.3 Å². The van der Waals surface area contributed by atoms with Crippen molar-refractivity contribution in [3.8, 4) is 0 Å². The summed E-state index contributed by atoms with van der Waals surface area (Å²) in [5, 5.41) is 0. The number of rotatable bonds is 6. The van der Waals surface area contributed by atoms with Crippen LogP contribution in [0.2, 0.25) is 0 Å². The maximum Gasteiger partial charge on any atom is 0.330 e. The predicted octanol–water partition coefficient (Wildman–Crippen LogP) is 2.47. The number of nitrogens with zero attached hydrogens (tertiary/aromatic N) is 1. The molecule has 3 aliphatic rings. The second-order valence-electron chi connectivity index (χ2n) is 8.52.